The Morgan fingerprint density at radius 3 is 2.59 bits per heavy atom. The first-order valence-corrected chi connectivity index (χ1v) is 6.09. The minimum absolute atomic E-state index is 0.145. The molecule has 1 atom stereocenters. The van der Waals surface area contributed by atoms with Crippen molar-refractivity contribution in [3.63, 3.8) is 0 Å². The van der Waals surface area contributed by atoms with Crippen molar-refractivity contribution in [2.24, 2.45) is 0 Å². The summed E-state index contributed by atoms with van der Waals surface area (Å²) in [4.78, 5) is 14.3. The minimum atomic E-state index is 0.145. The van der Waals surface area contributed by atoms with Crippen molar-refractivity contribution in [1.29, 1.82) is 0 Å². The second-order valence-corrected chi connectivity index (χ2v) is 4.61. The highest BCUT2D eigenvalue weighted by Crippen LogP contribution is 2.38. The van der Waals surface area contributed by atoms with Gasteiger partial charge in [0.15, 0.2) is 0 Å². The maximum absolute atomic E-state index is 12.4. The molecule has 1 unspecified atom stereocenters. The summed E-state index contributed by atoms with van der Waals surface area (Å²) in [5, 5.41) is 2.26. The van der Waals surface area contributed by atoms with E-state index in [1.165, 1.54) is 0 Å². The van der Waals surface area contributed by atoms with E-state index in [0.29, 0.717) is 0 Å². The van der Waals surface area contributed by atoms with Crippen molar-refractivity contribution < 1.29 is 4.79 Å². The van der Waals surface area contributed by atoms with Crippen LogP contribution >= 0.6 is 0 Å². The smallest absolute Gasteiger partial charge is 0.259 e. The van der Waals surface area contributed by atoms with Crippen LogP contribution in [0.5, 0.6) is 0 Å². The summed E-state index contributed by atoms with van der Waals surface area (Å²) >= 11 is 0. The summed E-state index contributed by atoms with van der Waals surface area (Å²) in [5.74, 6) is 0.145. The third-order valence-electron chi connectivity index (χ3n) is 3.62. The lowest BCUT2D eigenvalue weighted by atomic mass is 10.1. The highest BCUT2D eigenvalue weighted by molar-refractivity contribution is 6.25. The van der Waals surface area contributed by atoms with Crippen LogP contribution in [-0.2, 0) is 0 Å². The van der Waals surface area contributed by atoms with E-state index in [0.717, 1.165) is 28.4 Å². The van der Waals surface area contributed by atoms with Gasteiger partial charge in [0.2, 0.25) is 0 Å². The maximum atomic E-state index is 12.4. The molecule has 1 aliphatic rings. The molecule has 1 amide bonds. The minimum Gasteiger partial charge on any atom is -0.305 e. The first-order valence-electron chi connectivity index (χ1n) is 6.09. The van der Waals surface area contributed by atoms with Gasteiger partial charge < -0.3 is 4.90 Å². The van der Waals surface area contributed by atoms with E-state index in [1.807, 2.05) is 29.2 Å². The average Bonchev–Trinajstić information content (AvgIpc) is 2.65. The highest BCUT2D eigenvalue weighted by Gasteiger charge is 2.31. The number of anilines is 1. The standard InChI is InChI=1S/C15H15NO/c1-3-10(2)16-13-9-5-7-11-6-4-8-12(14(11)13)15(16)17/h4-10H,3H2,1-2H3. The number of hydrogen-bond donors (Lipinski definition) is 0. The van der Waals surface area contributed by atoms with E-state index < -0.39 is 0 Å². The molecule has 1 heterocycles. The molecule has 0 N–H and O–H groups in total. The van der Waals surface area contributed by atoms with Crippen LogP contribution in [0, 0.1) is 0 Å². The van der Waals surface area contributed by atoms with Crippen LogP contribution in [0.4, 0.5) is 5.69 Å². The fourth-order valence-electron chi connectivity index (χ4n) is 2.56. The molecule has 0 fully saturated rings. The zero-order valence-electron chi connectivity index (χ0n) is 10.1. The van der Waals surface area contributed by atoms with Crippen molar-refractivity contribution >= 4 is 22.4 Å². The molecule has 2 heteroatoms. The first kappa shape index (κ1) is 10.3. The maximum Gasteiger partial charge on any atom is 0.259 e. The monoisotopic (exact) mass is 225 g/mol. The Bertz CT molecular complexity index is 598. The van der Waals surface area contributed by atoms with E-state index in [1.54, 1.807) is 0 Å². The second kappa shape index (κ2) is 3.59. The Hall–Kier alpha value is -1.83. The molecular weight excluding hydrogens is 210 g/mol. The molecule has 17 heavy (non-hydrogen) atoms. The Morgan fingerprint density at radius 2 is 1.88 bits per heavy atom. The molecule has 0 bridgehead atoms. The van der Waals surface area contributed by atoms with Crippen molar-refractivity contribution in [1.82, 2.24) is 0 Å². The summed E-state index contributed by atoms with van der Waals surface area (Å²) < 4.78 is 0. The SMILES string of the molecule is CCC(C)N1C(=O)c2cccc3cccc1c23. The molecule has 0 spiro atoms. The second-order valence-electron chi connectivity index (χ2n) is 4.61. The summed E-state index contributed by atoms with van der Waals surface area (Å²) in [6.07, 6.45) is 0.968. The van der Waals surface area contributed by atoms with E-state index in [9.17, 15) is 4.79 Å². The molecule has 3 rings (SSSR count). The van der Waals surface area contributed by atoms with Crippen LogP contribution < -0.4 is 4.90 Å². The molecular formula is C15H15NO. The van der Waals surface area contributed by atoms with E-state index in [2.05, 4.69) is 26.0 Å². The lowest BCUT2D eigenvalue weighted by Crippen LogP contribution is -2.35. The lowest BCUT2D eigenvalue weighted by molar-refractivity contribution is 0.0984. The van der Waals surface area contributed by atoms with E-state index >= 15 is 0 Å². The Morgan fingerprint density at radius 1 is 1.18 bits per heavy atom. The third-order valence-corrected chi connectivity index (χ3v) is 3.62. The number of amides is 1. The normalized spacial score (nSPS) is 15.6. The summed E-state index contributed by atoms with van der Waals surface area (Å²) in [6.45, 7) is 4.21. The number of hydrogen-bond acceptors (Lipinski definition) is 1. The molecule has 0 aromatic heterocycles. The Labute approximate surface area is 101 Å². The summed E-state index contributed by atoms with van der Waals surface area (Å²) in [5.41, 5.74) is 1.91. The third kappa shape index (κ3) is 1.30. The van der Waals surface area contributed by atoms with E-state index in [4.69, 9.17) is 0 Å². The first-order chi connectivity index (χ1) is 8.24. The number of carbonyl (C=O) groups is 1. The lowest BCUT2D eigenvalue weighted by Gasteiger charge is -2.24. The summed E-state index contributed by atoms with van der Waals surface area (Å²) in [7, 11) is 0. The molecule has 2 aromatic rings. The zero-order chi connectivity index (χ0) is 12.0. The molecule has 1 aliphatic heterocycles. The van der Waals surface area contributed by atoms with Crippen LogP contribution in [0.15, 0.2) is 36.4 Å². The number of nitrogens with zero attached hydrogens (tertiary/aromatic N) is 1. The predicted molar refractivity (Wildman–Crippen MR) is 70.5 cm³/mol. The van der Waals surface area contributed by atoms with Crippen LogP contribution in [-0.4, -0.2) is 11.9 Å². The number of benzene rings is 2. The van der Waals surface area contributed by atoms with Gasteiger partial charge >= 0.3 is 0 Å². The molecule has 0 saturated carbocycles. The Balaban J connectivity index is 2.30. The van der Waals surface area contributed by atoms with Gasteiger partial charge in [-0.1, -0.05) is 31.2 Å². The Kier molecular flexibility index (Phi) is 2.18. The van der Waals surface area contributed by atoms with Crippen LogP contribution in [0.25, 0.3) is 10.8 Å². The topological polar surface area (TPSA) is 20.3 Å². The van der Waals surface area contributed by atoms with Crippen molar-refractivity contribution in [3.8, 4) is 0 Å². The van der Waals surface area contributed by atoms with Gasteiger partial charge in [-0.25, -0.2) is 0 Å². The van der Waals surface area contributed by atoms with Gasteiger partial charge in [-0.15, -0.1) is 0 Å². The van der Waals surface area contributed by atoms with Gasteiger partial charge in [-0.2, -0.15) is 0 Å². The molecule has 2 aromatic carbocycles. The van der Waals surface area contributed by atoms with Crippen LogP contribution in [0.1, 0.15) is 30.6 Å². The molecule has 2 nitrogen and oxygen atoms in total. The largest absolute Gasteiger partial charge is 0.305 e. The molecule has 0 aliphatic carbocycles. The van der Waals surface area contributed by atoms with Gasteiger partial charge in [0.25, 0.3) is 5.91 Å². The van der Waals surface area contributed by atoms with Gasteiger partial charge in [-0.3, -0.25) is 4.79 Å². The highest BCUT2D eigenvalue weighted by atomic mass is 16.2. The van der Waals surface area contributed by atoms with Gasteiger partial charge in [0.1, 0.15) is 0 Å². The molecule has 0 saturated heterocycles. The fraction of sp³-hybridized carbons (Fsp3) is 0.267. The zero-order valence-corrected chi connectivity index (χ0v) is 10.1. The van der Waals surface area contributed by atoms with Crippen LogP contribution in [0.3, 0.4) is 0 Å². The van der Waals surface area contributed by atoms with Gasteiger partial charge in [-0.05, 0) is 30.9 Å². The summed E-state index contributed by atoms with van der Waals surface area (Å²) in [6, 6.07) is 12.3. The fourth-order valence-corrected chi connectivity index (χ4v) is 2.56. The molecule has 0 radical (unpaired) electrons. The van der Waals surface area contributed by atoms with Gasteiger partial charge in [0, 0.05) is 17.0 Å². The quantitative estimate of drug-likeness (QED) is 0.764. The van der Waals surface area contributed by atoms with Crippen molar-refractivity contribution in [3.05, 3.63) is 42.0 Å². The average molecular weight is 225 g/mol. The molecule has 86 valence electrons. The van der Waals surface area contributed by atoms with Crippen LogP contribution in [0.2, 0.25) is 0 Å². The van der Waals surface area contributed by atoms with Gasteiger partial charge in [0.05, 0.1) is 5.69 Å². The number of carbonyl (C=O) groups excluding carboxylic acids is 1. The van der Waals surface area contributed by atoms with Crippen molar-refractivity contribution in [2.75, 3.05) is 4.90 Å². The van der Waals surface area contributed by atoms with E-state index in [-0.39, 0.29) is 11.9 Å². The number of rotatable bonds is 2. The predicted octanol–water partition coefficient (Wildman–Crippen LogP) is 3.60. The van der Waals surface area contributed by atoms with Crippen molar-refractivity contribution in [2.45, 2.75) is 26.3 Å².